The zero-order chi connectivity index (χ0) is 32.3. The fraction of sp³-hybridized carbons (Fsp3) is 0.200. The first-order valence-electron chi connectivity index (χ1n) is 16.9. The number of rotatable bonds is 3. The van der Waals surface area contributed by atoms with Crippen molar-refractivity contribution in [3.8, 4) is 27.9 Å². The lowest BCUT2D eigenvalue weighted by molar-refractivity contribution is 0.125. The summed E-state index contributed by atoms with van der Waals surface area (Å²) in [6.45, 7) is 14.6. The van der Waals surface area contributed by atoms with Crippen molar-refractivity contribution >= 4 is 43.6 Å². The van der Waals surface area contributed by atoms with Crippen LogP contribution in [-0.2, 0) is 10.8 Å². The van der Waals surface area contributed by atoms with Crippen molar-refractivity contribution in [2.24, 2.45) is 5.41 Å². The SMILES string of the molecule is CC1(C)c2cc3[nH]c4ccc(-c5ccc6c(c5)c5ccccc5n6-c5ccc(-c6ccccc6)cc5)cc4c3cc2C(C)(C)C1(C)C. The number of H-pyrrole nitrogens is 1. The van der Waals surface area contributed by atoms with Crippen LogP contribution in [0.3, 0.4) is 0 Å². The van der Waals surface area contributed by atoms with E-state index in [-0.39, 0.29) is 16.2 Å². The number of hydrogen-bond donors (Lipinski definition) is 1. The number of nitrogens with zero attached hydrogens (tertiary/aromatic N) is 1. The summed E-state index contributed by atoms with van der Waals surface area (Å²) in [6.07, 6.45) is 0. The van der Waals surface area contributed by atoms with Crippen LogP contribution in [-0.4, -0.2) is 9.55 Å². The zero-order valence-corrected chi connectivity index (χ0v) is 28.1. The summed E-state index contributed by atoms with van der Waals surface area (Å²) in [7, 11) is 0. The maximum Gasteiger partial charge on any atom is 0.0541 e. The molecule has 2 nitrogen and oxygen atoms in total. The van der Waals surface area contributed by atoms with E-state index in [1.165, 1.54) is 82.7 Å². The van der Waals surface area contributed by atoms with Crippen LogP contribution in [0.1, 0.15) is 52.7 Å². The van der Waals surface area contributed by atoms with Gasteiger partial charge in [-0.15, -0.1) is 0 Å². The van der Waals surface area contributed by atoms with Crippen molar-refractivity contribution in [3.05, 3.63) is 139 Å². The average Bonchev–Trinajstić information content (AvgIpc) is 3.65. The van der Waals surface area contributed by atoms with Crippen molar-refractivity contribution in [1.82, 2.24) is 9.55 Å². The standard InChI is InChI=1S/C45H40N2/c1-43(2)37-26-35-34-24-30(18-22-39(34)46-40(35)27-38(37)44(3,4)45(43,5)6)31-19-23-42-36(25-31)33-14-10-11-15-41(33)47(42)32-20-16-29(17-21-32)28-12-8-7-9-13-28/h7-27,46H,1-6H3. The molecule has 2 heteroatoms. The minimum absolute atomic E-state index is 0.0718. The minimum Gasteiger partial charge on any atom is -0.355 e. The molecule has 2 heterocycles. The third kappa shape index (κ3) is 3.79. The van der Waals surface area contributed by atoms with Crippen LogP contribution >= 0.6 is 0 Å². The highest BCUT2D eigenvalue weighted by Crippen LogP contribution is 2.62. The number of aromatic nitrogens is 2. The molecule has 0 spiro atoms. The van der Waals surface area contributed by atoms with Crippen LogP contribution in [0.4, 0.5) is 0 Å². The maximum atomic E-state index is 3.77. The monoisotopic (exact) mass is 608 g/mol. The van der Waals surface area contributed by atoms with Crippen LogP contribution in [0.5, 0.6) is 0 Å². The molecule has 0 aliphatic heterocycles. The number of nitrogens with one attached hydrogen (secondary N) is 1. The third-order valence-corrected chi connectivity index (χ3v) is 12.4. The second-order valence-corrected chi connectivity index (χ2v) is 15.2. The van der Waals surface area contributed by atoms with Crippen LogP contribution in [0.2, 0.25) is 0 Å². The molecule has 8 aromatic rings. The number of fused-ring (bicyclic) bond motifs is 7. The quantitative estimate of drug-likeness (QED) is 0.206. The molecule has 0 saturated carbocycles. The van der Waals surface area contributed by atoms with Gasteiger partial charge in [-0.05, 0) is 104 Å². The Hall–Kier alpha value is -5.08. The summed E-state index contributed by atoms with van der Waals surface area (Å²) in [5.41, 5.74) is 14.2. The Bertz CT molecular complexity index is 2520. The molecular formula is C45H40N2. The first kappa shape index (κ1) is 28.2. The molecule has 6 aromatic carbocycles. The molecule has 230 valence electrons. The fourth-order valence-corrected chi connectivity index (χ4v) is 8.48. The summed E-state index contributed by atoms with van der Waals surface area (Å²) in [6, 6.07) is 47.1. The highest BCUT2D eigenvalue weighted by molar-refractivity contribution is 6.12. The lowest BCUT2D eigenvalue weighted by atomic mass is 9.59. The number of para-hydroxylation sites is 1. The van der Waals surface area contributed by atoms with Crippen molar-refractivity contribution < 1.29 is 0 Å². The number of aromatic amines is 1. The van der Waals surface area contributed by atoms with Crippen molar-refractivity contribution in [2.75, 3.05) is 0 Å². The van der Waals surface area contributed by atoms with Gasteiger partial charge in [0.15, 0.2) is 0 Å². The van der Waals surface area contributed by atoms with Crippen molar-refractivity contribution in [1.29, 1.82) is 0 Å². The van der Waals surface area contributed by atoms with E-state index < -0.39 is 0 Å². The molecule has 0 atom stereocenters. The van der Waals surface area contributed by atoms with Gasteiger partial charge in [0.1, 0.15) is 0 Å². The smallest absolute Gasteiger partial charge is 0.0541 e. The van der Waals surface area contributed by atoms with E-state index in [1.807, 2.05) is 0 Å². The summed E-state index contributed by atoms with van der Waals surface area (Å²) in [5, 5.41) is 5.15. The summed E-state index contributed by atoms with van der Waals surface area (Å²) < 4.78 is 2.40. The van der Waals surface area contributed by atoms with Crippen molar-refractivity contribution in [2.45, 2.75) is 52.4 Å². The molecule has 1 aliphatic carbocycles. The molecular weight excluding hydrogens is 569 g/mol. The van der Waals surface area contributed by atoms with Gasteiger partial charge in [0, 0.05) is 38.3 Å². The van der Waals surface area contributed by atoms with E-state index in [9.17, 15) is 0 Å². The Balaban J connectivity index is 1.18. The minimum atomic E-state index is 0.0718. The number of benzene rings is 6. The van der Waals surface area contributed by atoms with Gasteiger partial charge < -0.3 is 9.55 Å². The van der Waals surface area contributed by atoms with Gasteiger partial charge in [0.25, 0.3) is 0 Å². The lowest BCUT2D eigenvalue weighted by Crippen LogP contribution is -2.42. The summed E-state index contributed by atoms with van der Waals surface area (Å²) in [4.78, 5) is 3.77. The highest BCUT2D eigenvalue weighted by atomic mass is 15.0. The molecule has 0 saturated heterocycles. The van der Waals surface area contributed by atoms with Crippen LogP contribution in [0.15, 0.2) is 127 Å². The molecule has 0 fully saturated rings. The molecule has 1 aliphatic rings. The molecule has 1 N–H and O–H groups in total. The lowest BCUT2D eigenvalue weighted by Gasteiger charge is -2.44. The Labute approximate surface area is 276 Å². The molecule has 0 radical (unpaired) electrons. The second-order valence-electron chi connectivity index (χ2n) is 15.2. The Morgan fingerprint density at radius 2 is 0.979 bits per heavy atom. The van der Waals surface area contributed by atoms with Crippen LogP contribution < -0.4 is 0 Å². The predicted molar refractivity (Wildman–Crippen MR) is 201 cm³/mol. The third-order valence-electron chi connectivity index (χ3n) is 12.4. The van der Waals surface area contributed by atoms with E-state index in [4.69, 9.17) is 0 Å². The van der Waals surface area contributed by atoms with E-state index in [0.717, 1.165) is 0 Å². The molecule has 2 aromatic heterocycles. The highest BCUT2D eigenvalue weighted by Gasteiger charge is 2.56. The van der Waals surface area contributed by atoms with Crippen molar-refractivity contribution in [3.63, 3.8) is 0 Å². The van der Waals surface area contributed by atoms with E-state index in [1.54, 1.807) is 0 Å². The van der Waals surface area contributed by atoms with Crippen LogP contribution in [0.25, 0.3) is 71.6 Å². The Morgan fingerprint density at radius 3 is 1.72 bits per heavy atom. The second kappa shape index (κ2) is 9.48. The van der Waals surface area contributed by atoms with E-state index in [2.05, 4.69) is 178 Å². The topological polar surface area (TPSA) is 20.7 Å². The molecule has 9 rings (SSSR count). The van der Waals surface area contributed by atoms with Gasteiger partial charge in [-0.2, -0.15) is 0 Å². The largest absolute Gasteiger partial charge is 0.355 e. The van der Waals surface area contributed by atoms with Gasteiger partial charge in [-0.3, -0.25) is 0 Å². The van der Waals surface area contributed by atoms with Crippen LogP contribution in [0, 0.1) is 5.41 Å². The molecule has 47 heavy (non-hydrogen) atoms. The van der Waals surface area contributed by atoms with Gasteiger partial charge in [-0.25, -0.2) is 0 Å². The van der Waals surface area contributed by atoms with Gasteiger partial charge >= 0.3 is 0 Å². The average molecular weight is 609 g/mol. The number of hydrogen-bond acceptors (Lipinski definition) is 0. The van der Waals surface area contributed by atoms with Gasteiger partial charge in [0.05, 0.1) is 11.0 Å². The summed E-state index contributed by atoms with van der Waals surface area (Å²) >= 11 is 0. The Morgan fingerprint density at radius 1 is 0.426 bits per heavy atom. The normalized spacial score (nSPS) is 16.4. The van der Waals surface area contributed by atoms with E-state index in [0.29, 0.717) is 0 Å². The molecule has 0 amide bonds. The van der Waals surface area contributed by atoms with Gasteiger partial charge in [0.2, 0.25) is 0 Å². The molecule has 0 unspecified atom stereocenters. The summed E-state index contributed by atoms with van der Waals surface area (Å²) in [5.74, 6) is 0. The zero-order valence-electron chi connectivity index (χ0n) is 28.1. The molecule has 0 bridgehead atoms. The van der Waals surface area contributed by atoms with Gasteiger partial charge in [-0.1, -0.05) is 114 Å². The maximum absolute atomic E-state index is 3.77. The fourth-order valence-electron chi connectivity index (χ4n) is 8.48. The first-order valence-corrected chi connectivity index (χ1v) is 16.9. The van der Waals surface area contributed by atoms with E-state index >= 15 is 0 Å². The predicted octanol–water partition coefficient (Wildman–Crippen LogP) is 12.3. The first-order chi connectivity index (χ1) is 22.6. The Kier molecular flexibility index (Phi) is 5.68.